The topological polar surface area (TPSA) is 94.7 Å². The fourth-order valence-corrected chi connectivity index (χ4v) is 3.52. The van der Waals surface area contributed by atoms with E-state index in [-0.39, 0.29) is 11.3 Å². The fourth-order valence-electron chi connectivity index (χ4n) is 2.95. The van der Waals surface area contributed by atoms with Crippen LogP contribution in [-0.4, -0.2) is 30.2 Å². The van der Waals surface area contributed by atoms with E-state index in [1.165, 1.54) is 11.0 Å². The van der Waals surface area contributed by atoms with Crippen LogP contribution in [0.2, 0.25) is 5.02 Å². The quantitative estimate of drug-likeness (QED) is 0.488. The lowest BCUT2D eigenvalue weighted by atomic mass is 10.2. The minimum atomic E-state index is -0.427. The lowest BCUT2D eigenvalue weighted by Crippen LogP contribution is -2.18. The van der Waals surface area contributed by atoms with E-state index in [2.05, 4.69) is 36.3 Å². The molecule has 0 aliphatic carbocycles. The predicted octanol–water partition coefficient (Wildman–Crippen LogP) is 3.67. The van der Waals surface area contributed by atoms with Crippen LogP contribution >= 0.6 is 27.5 Å². The summed E-state index contributed by atoms with van der Waals surface area (Å²) in [6.07, 6.45) is 3.07. The number of nitrogens with zero attached hydrogens (tertiary/aromatic N) is 5. The molecule has 0 unspecified atom stereocenters. The van der Waals surface area contributed by atoms with E-state index in [0.29, 0.717) is 33.1 Å². The first-order valence-electron chi connectivity index (χ1n) is 8.65. The SMILES string of the molecule is CCn1cnc(=O)c2cc(NC(=O)c3cc(Br)nn3-c3ncccc3Cl)ccc21. The third-order valence-electron chi connectivity index (χ3n) is 4.30. The second-order valence-corrected chi connectivity index (χ2v) is 7.31. The van der Waals surface area contributed by atoms with E-state index >= 15 is 0 Å². The van der Waals surface area contributed by atoms with Crippen LogP contribution in [0.15, 0.2) is 58.3 Å². The molecule has 0 aliphatic heterocycles. The molecule has 0 radical (unpaired) electrons. The van der Waals surface area contributed by atoms with Crippen molar-refractivity contribution in [2.75, 3.05) is 5.32 Å². The van der Waals surface area contributed by atoms with E-state index in [1.54, 1.807) is 42.6 Å². The highest BCUT2D eigenvalue weighted by Gasteiger charge is 2.19. The van der Waals surface area contributed by atoms with Crippen LogP contribution in [0.1, 0.15) is 17.4 Å². The van der Waals surface area contributed by atoms with Gasteiger partial charge in [-0.1, -0.05) is 11.6 Å². The smallest absolute Gasteiger partial charge is 0.280 e. The number of aryl methyl sites for hydroxylation is 1. The van der Waals surface area contributed by atoms with Crippen LogP contribution in [0.5, 0.6) is 0 Å². The minimum Gasteiger partial charge on any atom is -0.332 e. The molecule has 0 aliphatic rings. The van der Waals surface area contributed by atoms with Gasteiger partial charge in [0, 0.05) is 24.5 Å². The number of pyridine rings is 1. The number of amides is 1. The highest BCUT2D eigenvalue weighted by molar-refractivity contribution is 9.10. The lowest BCUT2D eigenvalue weighted by molar-refractivity contribution is 0.101. The van der Waals surface area contributed by atoms with E-state index in [4.69, 9.17) is 11.6 Å². The molecule has 8 nitrogen and oxygen atoms in total. The number of benzene rings is 1. The Balaban J connectivity index is 1.72. The number of anilines is 1. The maximum atomic E-state index is 12.9. The van der Waals surface area contributed by atoms with Crippen molar-refractivity contribution in [3.05, 3.63) is 74.6 Å². The first-order valence-corrected chi connectivity index (χ1v) is 9.82. The van der Waals surface area contributed by atoms with Crippen LogP contribution in [0.3, 0.4) is 0 Å². The van der Waals surface area contributed by atoms with E-state index < -0.39 is 5.91 Å². The molecule has 3 heterocycles. The third-order valence-corrected chi connectivity index (χ3v) is 4.98. The summed E-state index contributed by atoms with van der Waals surface area (Å²) in [6.45, 7) is 2.64. The highest BCUT2D eigenvalue weighted by atomic mass is 79.9. The monoisotopic (exact) mass is 472 g/mol. The van der Waals surface area contributed by atoms with Gasteiger partial charge in [-0.3, -0.25) is 9.59 Å². The fraction of sp³-hybridized carbons (Fsp3) is 0.105. The summed E-state index contributed by atoms with van der Waals surface area (Å²) in [5.74, 6) is -0.0949. The summed E-state index contributed by atoms with van der Waals surface area (Å²) in [5.41, 5.74) is 1.09. The Kier molecular flexibility index (Phi) is 5.16. The Morgan fingerprint density at radius 1 is 1.24 bits per heavy atom. The Morgan fingerprint density at radius 2 is 2.07 bits per heavy atom. The van der Waals surface area contributed by atoms with Crippen molar-refractivity contribution >= 4 is 50.0 Å². The molecule has 3 aromatic heterocycles. The Bertz CT molecular complexity index is 1300. The van der Waals surface area contributed by atoms with Crippen LogP contribution in [0.25, 0.3) is 16.7 Å². The summed E-state index contributed by atoms with van der Waals surface area (Å²) in [4.78, 5) is 33.1. The first kappa shape index (κ1) is 19.3. The van der Waals surface area contributed by atoms with Gasteiger partial charge < -0.3 is 9.88 Å². The van der Waals surface area contributed by atoms with Crippen molar-refractivity contribution in [1.82, 2.24) is 24.3 Å². The number of nitrogens with one attached hydrogen (secondary N) is 1. The van der Waals surface area contributed by atoms with Crippen molar-refractivity contribution in [2.45, 2.75) is 13.5 Å². The highest BCUT2D eigenvalue weighted by Crippen LogP contribution is 2.23. The van der Waals surface area contributed by atoms with Crippen molar-refractivity contribution in [2.24, 2.45) is 0 Å². The number of carbonyl (C=O) groups excluding carboxylic acids is 1. The van der Waals surface area contributed by atoms with Crippen molar-refractivity contribution < 1.29 is 4.79 Å². The molecule has 0 bridgehead atoms. The normalized spacial score (nSPS) is 11.0. The van der Waals surface area contributed by atoms with Crippen LogP contribution in [0, 0.1) is 0 Å². The number of fused-ring (bicyclic) bond motifs is 1. The molecule has 146 valence electrons. The minimum absolute atomic E-state index is 0.231. The van der Waals surface area contributed by atoms with Gasteiger partial charge >= 0.3 is 0 Å². The molecule has 0 saturated heterocycles. The molecule has 1 N–H and O–H groups in total. The van der Waals surface area contributed by atoms with Crippen molar-refractivity contribution in [1.29, 1.82) is 0 Å². The second-order valence-electron chi connectivity index (χ2n) is 6.09. The van der Waals surface area contributed by atoms with E-state index in [9.17, 15) is 9.59 Å². The van der Waals surface area contributed by atoms with E-state index in [1.807, 2.05) is 11.5 Å². The molecule has 1 amide bonds. The zero-order chi connectivity index (χ0) is 20.5. The summed E-state index contributed by atoms with van der Waals surface area (Å²) >= 11 is 9.48. The van der Waals surface area contributed by atoms with Gasteiger partial charge in [-0.25, -0.2) is 9.67 Å². The standard InChI is InChI=1S/C19H14BrClN6O2/c1-2-26-10-23-18(28)12-8-11(5-6-14(12)26)24-19(29)15-9-16(20)25-27(15)17-13(21)4-3-7-22-17/h3-10H,2H2,1H3,(H,24,29). The Labute approximate surface area is 178 Å². The summed E-state index contributed by atoms with van der Waals surface area (Å²) in [6, 6.07) is 10.0. The van der Waals surface area contributed by atoms with Gasteiger partial charge in [0.2, 0.25) is 0 Å². The average Bonchev–Trinajstić information content (AvgIpc) is 3.10. The molecular weight excluding hydrogens is 460 g/mol. The number of hydrogen-bond donors (Lipinski definition) is 1. The Morgan fingerprint density at radius 3 is 2.83 bits per heavy atom. The molecule has 0 saturated carbocycles. The van der Waals surface area contributed by atoms with Crippen LogP contribution in [-0.2, 0) is 6.54 Å². The number of carbonyl (C=O) groups is 1. The number of aromatic nitrogens is 5. The molecule has 0 fully saturated rings. The average molecular weight is 474 g/mol. The zero-order valence-electron chi connectivity index (χ0n) is 15.1. The zero-order valence-corrected chi connectivity index (χ0v) is 17.5. The van der Waals surface area contributed by atoms with Gasteiger partial charge in [-0.15, -0.1) is 0 Å². The van der Waals surface area contributed by atoms with Gasteiger partial charge in [-0.05, 0) is 53.2 Å². The molecule has 10 heteroatoms. The third kappa shape index (κ3) is 3.66. The summed E-state index contributed by atoms with van der Waals surface area (Å²) < 4.78 is 3.67. The van der Waals surface area contributed by atoms with Crippen LogP contribution in [0.4, 0.5) is 5.69 Å². The molecule has 1 aromatic carbocycles. The molecular formula is C19H14BrClN6O2. The van der Waals surface area contributed by atoms with Crippen molar-refractivity contribution in [3.8, 4) is 5.82 Å². The lowest BCUT2D eigenvalue weighted by Gasteiger charge is -2.11. The first-order chi connectivity index (χ1) is 14.0. The van der Waals surface area contributed by atoms with Gasteiger partial charge in [0.25, 0.3) is 11.5 Å². The van der Waals surface area contributed by atoms with Gasteiger partial charge in [0.1, 0.15) is 10.3 Å². The van der Waals surface area contributed by atoms with Gasteiger partial charge in [-0.2, -0.15) is 10.1 Å². The molecule has 0 atom stereocenters. The summed E-state index contributed by atoms with van der Waals surface area (Å²) in [7, 11) is 0. The molecule has 4 rings (SSSR count). The van der Waals surface area contributed by atoms with Gasteiger partial charge in [0.15, 0.2) is 5.82 Å². The molecule has 0 spiro atoms. The molecule has 4 aromatic rings. The summed E-state index contributed by atoms with van der Waals surface area (Å²) in [5, 5.41) is 7.83. The Hall–Kier alpha value is -3.04. The number of rotatable bonds is 4. The maximum Gasteiger partial charge on any atom is 0.280 e. The van der Waals surface area contributed by atoms with E-state index in [0.717, 1.165) is 5.52 Å². The largest absolute Gasteiger partial charge is 0.332 e. The molecule has 29 heavy (non-hydrogen) atoms. The predicted molar refractivity (Wildman–Crippen MR) is 114 cm³/mol. The maximum absolute atomic E-state index is 12.9. The van der Waals surface area contributed by atoms with Crippen LogP contribution < -0.4 is 10.9 Å². The van der Waals surface area contributed by atoms with Crippen molar-refractivity contribution in [3.63, 3.8) is 0 Å². The number of hydrogen-bond acceptors (Lipinski definition) is 5. The second kappa shape index (κ2) is 7.76. The van der Waals surface area contributed by atoms with Gasteiger partial charge in [0.05, 0.1) is 22.3 Å². The number of halogens is 2.